The van der Waals surface area contributed by atoms with Gasteiger partial charge in [0.15, 0.2) is 5.84 Å². The lowest BCUT2D eigenvalue weighted by Gasteiger charge is -2.13. The molecular weight excluding hydrogens is 597 g/mol. The molecule has 49 heavy (non-hydrogen) atoms. The molecule has 0 saturated carbocycles. The highest BCUT2D eigenvalue weighted by atomic mass is 15.0. The number of nitriles is 1. The van der Waals surface area contributed by atoms with Crippen LogP contribution in [0.3, 0.4) is 0 Å². The van der Waals surface area contributed by atoms with Crippen molar-refractivity contribution in [2.45, 2.75) is 0 Å². The van der Waals surface area contributed by atoms with E-state index in [0.29, 0.717) is 22.9 Å². The summed E-state index contributed by atoms with van der Waals surface area (Å²) in [5, 5.41) is 11.9. The molecule has 2 N–H and O–H groups in total. The average Bonchev–Trinajstić information content (AvgIpc) is 3.18. The monoisotopic (exact) mass is 628 g/mol. The molecule has 0 bridgehead atoms. The Kier molecular flexibility index (Phi) is 8.73. The second-order valence-electron chi connectivity index (χ2n) is 11.6. The van der Waals surface area contributed by atoms with Crippen LogP contribution >= 0.6 is 0 Å². The van der Waals surface area contributed by atoms with E-state index in [1.54, 1.807) is 0 Å². The van der Waals surface area contributed by atoms with Crippen LogP contribution in [0.5, 0.6) is 0 Å². The first kappa shape index (κ1) is 30.8. The van der Waals surface area contributed by atoms with E-state index in [0.717, 1.165) is 50.1 Å². The molecule has 0 unspecified atom stereocenters. The van der Waals surface area contributed by atoms with Gasteiger partial charge in [-0.3, -0.25) is 0 Å². The van der Waals surface area contributed by atoms with Gasteiger partial charge in [0.05, 0.1) is 17.3 Å². The number of nitrogens with zero attached hydrogens (tertiary/aromatic N) is 3. The summed E-state index contributed by atoms with van der Waals surface area (Å²) < 4.78 is 0. The minimum atomic E-state index is 0.391. The molecule has 0 aliphatic rings. The molecule has 0 aromatic heterocycles. The first-order chi connectivity index (χ1) is 24.1. The summed E-state index contributed by atoms with van der Waals surface area (Å²) in [7, 11) is 0. The summed E-state index contributed by atoms with van der Waals surface area (Å²) in [6, 6.07) is 59.1. The third-order valence-electron chi connectivity index (χ3n) is 8.58. The van der Waals surface area contributed by atoms with Crippen LogP contribution in [0.1, 0.15) is 22.3 Å². The Labute approximate surface area is 286 Å². The summed E-state index contributed by atoms with van der Waals surface area (Å²) in [5.41, 5.74) is 16.7. The number of benzene rings is 7. The van der Waals surface area contributed by atoms with E-state index >= 15 is 0 Å². The van der Waals surface area contributed by atoms with Crippen molar-refractivity contribution >= 4 is 28.1 Å². The fourth-order valence-corrected chi connectivity index (χ4v) is 6.03. The zero-order chi connectivity index (χ0) is 33.6. The van der Waals surface area contributed by atoms with Gasteiger partial charge in [-0.2, -0.15) is 5.26 Å². The Morgan fingerprint density at radius 3 is 1.51 bits per heavy atom. The van der Waals surface area contributed by atoms with Gasteiger partial charge < -0.3 is 5.73 Å². The van der Waals surface area contributed by atoms with Crippen LogP contribution in [-0.2, 0) is 0 Å². The number of fused-ring (bicyclic) bond motifs is 1. The van der Waals surface area contributed by atoms with Gasteiger partial charge in [-0.25, -0.2) is 9.98 Å². The van der Waals surface area contributed by atoms with Gasteiger partial charge in [0.25, 0.3) is 0 Å². The number of hydrogen-bond donors (Lipinski definition) is 1. The molecule has 0 saturated heterocycles. The van der Waals surface area contributed by atoms with E-state index in [1.165, 1.54) is 10.8 Å². The van der Waals surface area contributed by atoms with E-state index in [1.807, 2.05) is 84.9 Å². The minimum absolute atomic E-state index is 0.391. The highest BCUT2D eigenvalue weighted by Gasteiger charge is 2.12. The van der Waals surface area contributed by atoms with Crippen molar-refractivity contribution in [2.75, 3.05) is 0 Å². The number of amidine groups is 2. The van der Waals surface area contributed by atoms with Gasteiger partial charge in [0.1, 0.15) is 5.84 Å². The molecule has 7 aromatic carbocycles. The van der Waals surface area contributed by atoms with Crippen molar-refractivity contribution in [1.82, 2.24) is 0 Å². The summed E-state index contributed by atoms with van der Waals surface area (Å²) in [4.78, 5) is 9.57. The largest absolute Gasteiger partial charge is 0.383 e. The number of hydrogen-bond acceptors (Lipinski definition) is 2. The van der Waals surface area contributed by atoms with Crippen LogP contribution in [0.4, 0.5) is 0 Å². The lowest BCUT2D eigenvalue weighted by Crippen LogP contribution is -2.16. The Hall–Kier alpha value is -6.83. The Morgan fingerprint density at radius 2 is 0.939 bits per heavy atom. The maximum absolute atomic E-state index is 9.57. The van der Waals surface area contributed by atoms with Gasteiger partial charge in [0, 0.05) is 11.1 Å². The van der Waals surface area contributed by atoms with Crippen molar-refractivity contribution < 1.29 is 0 Å². The zero-order valence-corrected chi connectivity index (χ0v) is 26.8. The third kappa shape index (κ3) is 6.55. The zero-order valence-electron chi connectivity index (χ0n) is 26.8. The lowest BCUT2D eigenvalue weighted by molar-refractivity contribution is 1.43. The minimum Gasteiger partial charge on any atom is -0.383 e. The van der Waals surface area contributed by atoms with Crippen LogP contribution in [0.15, 0.2) is 186 Å². The van der Waals surface area contributed by atoms with E-state index in [4.69, 9.17) is 15.7 Å². The molecule has 4 heteroatoms. The van der Waals surface area contributed by atoms with E-state index in [2.05, 4.69) is 97.6 Å². The van der Waals surface area contributed by atoms with Gasteiger partial charge in [-0.15, -0.1) is 0 Å². The normalized spacial score (nSPS) is 11.7. The molecule has 0 fully saturated rings. The maximum atomic E-state index is 9.57. The topological polar surface area (TPSA) is 74.5 Å². The molecule has 0 heterocycles. The van der Waals surface area contributed by atoms with Crippen LogP contribution < -0.4 is 5.73 Å². The quantitative estimate of drug-likeness (QED) is 0.141. The van der Waals surface area contributed by atoms with Crippen LogP contribution in [-0.4, -0.2) is 11.7 Å². The fourth-order valence-electron chi connectivity index (χ4n) is 6.03. The van der Waals surface area contributed by atoms with Crippen molar-refractivity contribution in [3.05, 3.63) is 199 Å². The molecule has 0 atom stereocenters. The number of nitrogens with two attached hydrogens (primary N) is 1. The molecule has 0 aliphatic carbocycles. The second-order valence-corrected chi connectivity index (χ2v) is 11.6. The molecule has 0 radical (unpaired) electrons. The van der Waals surface area contributed by atoms with E-state index in [-0.39, 0.29) is 0 Å². The fraction of sp³-hybridized carbons (Fsp3) is 0. The van der Waals surface area contributed by atoms with Gasteiger partial charge in [-0.05, 0) is 55.8 Å². The van der Waals surface area contributed by atoms with E-state index in [9.17, 15) is 5.26 Å². The highest BCUT2D eigenvalue weighted by molar-refractivity contribution is 6.12. The lowest BCUT2D eigenvalue weighted by atomic mass is 9.91. The molecule has 232 valence electrons. The summed E-state index contributed by atoms with van der Waals surface area (Å²) in [6.45, 7) is 4.29. The first-order valence-corrected chi connectivity index (χ1v) is 16.0. The molecule has 0 spiro atoms. The second kappa shape index (κ2) is 13.9. The average molecular weight is 629 g/mol. The van der Waals surface area contributed by atoms with Crippen molar-refractivity contribution in [3.63, 3.8) is 0 Å². The number of aliphatic imine (C=N–C) groups is 2. The number of rotatable bonds is 7. The van der Waals surface area contributed by atoms with Crippen molar-refractivity contribution in [1.29, 1.82) is 5.26 Å². The maximum Gasteiger partial charge on any atom is 0.162 e. The summed E-state index contributed by atoms with van der Waals surface area (Å²) in [6.07, 6.45) is 0. The third-order valence-corrected chi connectivity index (χ3v) is 8.58. The predicted octanol–water partition coefficient (Wildman–Crippen LogP) is 10.5. The molecule has 0 aliphatic heterocycles. The SMILES string of the molecule is C=C(N=C(N=C(N)c1ccccc1)c1ccccc1)c1ccc(-c2ccc(-c3ccc(-c4ccccc4C#N)cc3)c3ccccc23)cc1. The molecule has 4 nitrogen and oxygen atoms in total. The van der Waals surface area contributed by atoms with Gasteiger partial charge >= 0.3 is 0 Å². The van der Waals surface area contributed by atoms with Crippen LogP contribution in [0.25, 0.3) is 49.9 Å². The van der Waals surface area contributed by atoms with Crippen LogP contribution in [0.2, 0.25) is 0 Å². The Balaban J connectivity index is 1.19. The molecule has 7 aromatic rings. The van der Waals surface area contributed by atoms with Crippen LogP contribution in [0, 0.1) is 11.3 Å². The Morgan fingerprint density at radius 1 is 0.469 bits per heavy atom. The molecular formula is C45H32N4. The van der Waals surface area contributed by atoms with Crippen molar-refractivity contribution in [2.24, 2.45) is 15.7 Å². The highest BCUT2D eigenvalue weighted by Crippen LogP contribution is 2.37. The standard InChI is InChI=1S/C45H32N4/c1-31(48-45(37-14-6-3-7-15-37)49-44(47)36-12-4-2-5-13-36)32-20-22-34(23-21-32)40-28-29-41(43-19-11-10-18-42(40)43)35-26-24-33(25-27-35)39-17-9-8-16-38(39)30-46/h2-29H,1H2,(H2,47,48,49). The predicted molar refractivity (Wildman–Crippen MR) is 204 cm³/mol. The van der Waals surface area contributed by atoms with E-state index < -0.39 is 0 Å². The smallest absolute Gasteiger partial charge is 0.162 e. The Bertz CT molecular complexity index is 2380. The molecule has 0 amide bonds. The van der Waals surface area contributed by atoms with Crippen molar-refractivity contribution in [3.8, 4) is 39.4 Å². The molecule has 7 rings (SSSR count). The summed E-state index contributed by atoms with van der Waals surface area (Å²) in [5.74, 6) is 0.891. The van der Waals surface area contributed by atoms with Gasteiger partial charge in [-0.1, -0.05) is 170 Å². The van der Waals surface area contributed by atoms with Gasteiger partial charge in [0.2, 0.25) is 0 Å². The first-order valence-electron chi connectivity index (χ1n) is 16.0. The summed E-state index contributed by atoms with van der Waals surface area (Å²) >= 11 is 0.